The van der Waals surface area contributed by atoms with E-state index >= 15 is 8.78 Å². The summed E-state index contributed by atoms with van der Waals surface area (Å²) in [6.07, 6.45) is 2.46. The number of carbonyl (C=O) groups is 2. The van der Waals surface area contributed by atoms with Gasteiger partial charge in [-0.25, -0.2) is 18.5 Å². The van der Waals surface area contributed by atoms with Crippen molar-refractivity contribution in [2.75, 3.05) is 32.2 Å². The molecule has 1 atom stereocenters. The van der Waals surface area contributed by atoms with Crippen LogP contribution in [0.1, 0.15) is 24.5 Å². The van der Waals surface area contributed by atoms with Gasteiger partial charge in [-0.15, -0.1) is 0 Å². The Bertz CT molecular complexity index is 1210. The summed E-state index contributed by atoms with van der Waals surface area (Å²) in [4.78, 5) is 32.2. The largest absolute Gasteiger partial charge is 0.404 e. The van der Waals surface area contributed by atoms with Gasteiger partial charge in [-0.3, -0.25) is 9.79 Å². The molecule has 0 bridgehead atoms. The van der Waals surface area contributed by atoms with Gasteiger partial charge in [0, 0.05) is 43.3 Å². The molecule has 0 saturated carbocycles. The lowest BCUT2D eigenvalue weighted by Crippen LogP contribution is -2.62. The highest BCUT2D eigenvalue weighted by Gasteiger charge is 2.48. The number of imide groups is 1. The second kappa shape index (κ2) is 10.9. The van der Waals surface area contributed by atoms with Crippen molar-refractivity contribution in [3.8, 4) is 11.8 Å². The van der Waals surface area contributed by atoms with Gasteiger partial charge in [0.25, 0.3) is 0 Å². The van der Waals surface area contributed by atoms with Crippen LogP contribution >= 0.6 is 0 Å². The second-order valence-electron chi connectivity index (χ2n) is 8.08. The molecule has 0 spiro atoms. The van der Waals surface area contributed by atoms with Gasteiger partial charge in [0.1, 0.15) is 5.69 Å². The van der Waals surface area contributed by atoms with E-state index in [-0.39, 0.29) is 12.0 Å². The molecular formula is C26H26F2N4O3. The van der Waals surface area contributed by atoms with Crippen molar-refractivity contribution in [1.29, 1.82) is 0 Å². The molecule has 0 aliphatic carbocycles. The normalized spacial score (nSPS) is 18.7. The number of halogens is 2. The van der Waals surface area contributed by atoms with E-state index in [1.165, 1.54) is 31.5 Å². The third kappa shape index (κ3) is 5.39. The molecule has 2 aromatic rings. The molecule has 3 rings (SSSR count). The molecule has 1 aliphatic heterocycles. The van der Waals surface area contributed by atoms with Gasteiger partial charge in [0.15, 0.2) is 11.6 Å². The first-order chi connectivity index (χ1) is 16.7. The van der Waals surface area contributed by atoms with Crippen LogP contribution in [0.3, 0.4) is 0 Å². The molecule has 0 aromatic heterocycles. The van der Waals surface area contributed by atoms with Crippen LogP contribution in [0.25, 0.3) is 0 Å². The first kappa shape index (κ1) is 25.6. The number of likely N-dealkylation sites (N-methyl/N-ethyl adjacent to an activating group) is 1. The van der Waals surface area contributed by atoms with Crippen molar-refractivity contribution >= 4 is 23.8 Å². The molecule has 2 N–H and O–H groups in total. The van der Waals surface area contributed by atoms with Crippen molar-refractivity contribution in [1.82, 2.24) is 4.90 Å². The van der Waals surface area contributed by atoms with Crippen LogP contribution in [0.15, 0.2) is 59.2 Å². The van der Waals surface area contributed by atoms with Crippen molar-refractivity contribution in [3.05, 3.63) is 77.0 Å². The Hall–Kier alpha value is -4.03. The number of benzene rings is 2. The lowest BCUT2D eigenvalue weighted by Gasteiger charge is -2.46. The minimum atomic E-state index is -1.16. The Labute approximate surface area is 202 Å². The topological polar surface area (TPSA) is 88.2 Å². The van der Waals surface area contributed by atoms with Crippen molar-refractivity contribution in [3.63, 3.8) is 0 Å². The van der Waals surface area contributed by atoms with Crippen molar-refractivity contribution in [2.24, 2.45) is 10.7 Å². The fraction of sp³-hybridized carbons (Fsp3) is 0.269. The summed E-state index contributed by atoms with van der Waals surface area (Å²) in [5, 5.41) is 0. The van der Waals surface area contributed by atoms with Gasteiger partial charge in [-0.1, -0.05) is 30.0 Å². The predicted molar refractivity (Wildman–Crippen MR) is 130 cm³/mol. The van der Waals surface area contributed by atoms with Crippen LogP contribution in [0.5, 0.6) is 0 Å². The molecule has 35 heavy (non-hydrogen) atoms. The highest BCUT2D eigenvalue weighted by molar-refractivity contribution is 6.17. The Morgan fingerprint density at radius 1 is 1.17 bits per heavy atom. The Kier molecular flexibility index (Phi) is 7.99. The number of methoxy groups -OCH3 is 1. The highest BCUT2D eigenvalue weighted by atomic mass is 19.1. The fourth-order valence-corrected chi connectivity index (χ4v) is 3.66. The summed E-state index contributed by atoms with van der Waals surface area (Å²) < 4.78 is 35.0. The molecule has 9 heteroatoms. The third-order valence-corrected chi connectivity index (χ3v) is 5.79. The number of ether oxygens (including phenoxy) is 1. The zero-order valence-electron chi connectivity index (χ0n) is 19.7. The van der Waals surface area contributed by atoms with E-state index in [1.807, 2.05) is 6.07 Å². The summed E-state index contributed by atoms with van der Waals surface area (Å²) in [5.74, 6) is 2.59. The zero-order chi connectivity index (χ0) is 25.6. The molecule has 1 heterocycles. The maximum Gasteiger partial charge on any atom is 0.332 e. The standard InChI is InChI=1S/C26H26F2N4O3/c1-26(20(16-29)17-30-11-12-35-3)15-23(33)32(25(34)31(26)2)24-21(27)13-19(14-22(24)28)10-9-18-7-5-4-6-8-18/h4-8,13-14,16-17H,11-12,15,29H2,1-3H3/t26-/m0/s1. The van der Waals surface area contributed by atoms with E-state index < -0.39 is 34.8 Å². The molecule has 1 fully saturated rings. The molecule has 1 saturated heterocycles. The zero-order valence-corrected chi connectivity index (χ0v) is 19.7. The Morgan fingerprint density at radius 3 is 2.40 bits per heavy atom. The van der Waals surface area contributed by atoms with E-state index in [4.69, 9.17) is 10.5 Å². The number of hydrogen-bond acceptors (Lipinski definition) is 5. The number of anilines is 1. The first-order valence-electron chi connectivity index (χ1n) is 10.8. The number of nitrogens with two attached hydrogens (primary N) is 1. The average molecular weight is 481 g/mol. The van der Waals surface area contributed by atoms with Gasteiger partial charge < -0.3 is 15.4 Å². The Balaban J connectivity index is 1.91. The summed E-state index contributed by atoms with van der Waals surface area (Å²) in [7, 11) is 2.97. The van der Waals surface area contributed by atoms with Gasteiger partial charge in [0.05, 0.1) is 25.1 Å². The monoisotopic (exact) mass is 480 g/mol. The number of hydrogen-bond donors (Lipinski definition) is 1. The summed E-state index contributed by atoms with van der Waals surface area (Å²) >= 11 is 0. The first-order valence-corrected chi connectivity index (χ1v) is 10.8. The number of carbonyl (C=O) groups excluding carboxylic acids is 2. The smallest absolute Gasteiger partial charge is 0.332 e. The molecule has 7 nitrogen and oxygen atoms in total. The van der Waals surface area contributed by atoms with E-state index in [0.29, 0.717) is 29.2 Å². The average Bonchev–Trinajstić information content (AvgIpc) is 2.83. The molecule has 3 amide bonds. The van der Waals surface area contributed by atoms with Crippen LogP contribution in [0.4, 0.5) is 19.3 Å². The number of urea groups is 1. The summed E-state index contributed by atoms with van der Waals surface area (Å²) in [5.41, 5.74) is 5.01. The van der Waals surface area contributed by atoms with Gasteiger partial charge in [-0.05, 0) is 31.2 Å². The van der Waals surface area contributed by atoms with E-state index in [2.05, 4.69) is 16.8 Å². The van der Waals surface area contributed by atoms with Crippen molar-refractivity contribution in [2.45, 2.75) is 18.9 Å². The maximum atomic E-state index is 15.0. The van der Waals surface area contributed by atoms with Crippen LogP contribution in [-0.2, 0) is 9.53 Å². The van der Waals surface area contributed by atoms with Crippen molar-refractivity contribution < 1.29 is 23.1 Å². The van der Waals surface area contributed by atoms with Crippen LogP contribution in [-0.4, -0.2) is 55.9 Å². The van der Waals surface area contributed by atoms with Gasteiger partial charge in [-0.2, -0.15) is 0 Å². The summed E-state index contributed by atoms with van der Waals surface area (Å²) in [6, 6.07) is 10.0. The molecule has 0 radical (unpaired) electrons. The second-order valence-corrected chi connectivity index (χ2v) is 8.08. The SMILES string of the molecule is COCCN=CC(=CN)[C@]1(C)CC(=O)N(c2c(F)cc(C#Cc3ccccc3)cc2F)C(=O)N1C. The van der Waals surface area contributed by atoms with E-state index in [1.54, 1.807) is 31.2 Å². The van der Waals surface area contributed by atoms with Crippen LogP contribution < -0.4 is 10.6 Å². The minimum Gasteiger partial charge on any atom is -0.404 e. The molecular weight excluding hydrogens is 454 g/mol. The van der Waals surface area contributed by atoms with E-state index in [9.17, 15) is 9.59 Å². The molecule has 2 aromatic carbocycles. The predicted octanol–water partition coefficient (Wildman–Crippen LogP) is 3.47. The fourth-order valence-electron chi connectivity index (χ4n) is 3.66. The molecule has 182 valence electrons. The lowest BCUT2D eigenvalue weighted by molar-refractivity contribution is -0.121. The number of aliphatic imine (C=N–C) groups is 1. The Morgan fingerprint density at radius 2 is 1.80 bits per heavy atom. The van der Waals surface area contributed by atoms with Gasteiger partial charge >= 0.3 is 6.03 Å². The molecule has 0 unspecified atom stereocenters. The lowest BCUT2D eigenvalue weighted by atomic mass is 9.85. The third-order valence-electron chi connectivity index (χ3n) is 5.79. The van der Waals surface area contributed by atoms with Crippen LogP contribution in [0.2, 0.25) is 0 Å². The molecule has 1 aliphatic rings. The van der Waals surface area contributed by atoms with E-state index in [0.717, 1.165) is 12.1 Å². The van der Waals surface area contributed by atoms with Gasteiger partial charge in [0.2, 0.25) is 5.91 Å². The quantitative estimate of drug-likeness (QED) is 0.390. The summed E-state index contributed by atoms with van der Waals surface area (Å²) in [6.45, 7) is 2.38. The minimum absolute atomic E-state index is 0.0725. The maximum absolute atomic E-state index is 15.0. The highest BCUT2D eigenvalue weighted by Crippen LogP contribution is 2.36. The number of rotatable bonds is 6. The van der Waals surface area contributed by atoms with Crippen LogP contribution in [0, 0.1) is 23.5 Å². The number of amides is 3. The number of nitrogens with zero attached hydrogens (tertiary/aromatic N) is 3.